The van der Waals surface area contributed by atoms with Gasteiger partial charge in [-0.3, -0.25) is 15.5 Å². The highest BCUT2D eigenvalue weighted by Gasteiger charge is 2.30. The highest BCUT2D eigenvalue weighted by molar-refractivity contribution is 7.89. The van der Waals surface area contributed by atoms with E-state index in [0.29, 0.717) is 18.8 Å². The lowest BCUT2D eigenvalue weighted by atomic mass is 10.2. The molecule has 0 unspecified atom stereocenters. The van der Waals surface area contributed by atoms with Crippen LogP contribution in [0, 0.1) is 22.0 Å². The minimum atomic E-state index is -3.99. The summed E-state index contributed by atoms with van der Waals surface area (Å²) in [6, 6.07) is 7.02. The molecule has 0 radical (unpaired) electrons. The Hall–Kier alpha value is -2.72. The molecule has 0 aliphatic rings. The summed E-state index contributed by atoms with van der Waals surface area (Å²) in [6.45, 7) is 8.29. The molecule has 0 amide bonds. The van der Waals surface area contributed by atoms with Crippen LogP contribution in [0.3, 0.4) is 0 Å². The Kier molecular flexibility index (Phi) is 7.52. The lowest BCUT2D eigenvalue weighted by Crippen LogP contribution is -2.37. The molecule has 0 fully saturated rings. The van der Waals surface area contributed by atoms with Crippen LogP contribution in [0.1, 0.15) is 33.5 Å². The molecule has 0 aliphatic carbocycles. The molecule has 0 atom stereocenters. The second-order valence-electron chi connectivity index (χ2n) is 7.43. The number of nitro groups is 1. The highest BCUT2D eigenvalue weighted by Crippen LogP contribution is 2.30. The molecule has 0 saturated carbocycles. The summed E-state index contributed by atoms with van der Waals surface area (Å²) in [5.74, 6) is 0.663. The van der Waals surface area contributed by atoms with Gasteiger partial charge in [0.15, 0.2) is 0 Å². The first-order chi connectivity index (χ1) is 13.6. The summed E-state index contributed by atoms with van der Waals surface area (Å²) < 4.78 is 33.3. The maximum atomic E-state index is 13.4. The van der Waals surface area contributed by atoms with Crippen LogP contribution in [0.4, 0.5) is 11.4 Å². The summed E-state index contributed by atoms with van der Waals surface area (Å²) in [4.78, 5) is 10.4. The SMILES string of the molecule is CC(C)CN(CC(C)C)S(=O)(=O)c1cc([N+](=O)[O-])ccc1N/N=C/c1ccco1. The van der Waals surface area contributed by atoms with Gasteiger partial charge in [0.1, 0.15) is 10.7 Å². The second kappa shape index (κ2) is 9.66. The number of nitrogens with one attached hydrogen (secondary N) is 1. The molecule has 1 heterocycles. The van der Waals surface area contributed by atoms with Crippen molar-refractivity contribution in [2.45, 2.75) is 32.6 Å². The van der Waals surface area contributed by atoms with Gasteiger partial charge >= 0.3 is 0 Å². The van der Waals surface area contributed by atoms with Gasteiger partial charge in [-0.15, -0.1) is 0 Å². The minimum absolute atomic E-state index is 0.0932. The Morgan fingerprint density at radius 2 is 1.86 bits per heavy atom. The van der Waals surface area contributed by atoms with Crippen molar-refractivity contribution in [2.24, 2.45) is 16.9 Å². The first-order valence-electron chi connectivity index (χ1n) is 9.22. The van der Waals surface area contributed by atoms with Crippen LogP contribution in [0.5, 0.6) is 0 Å². The van der Waals surface area contributed by atoms with E-state index in [9.17, 15) is 18.5 Å². The zero-order valence-electron chi connectivity index (χ0n) is 16.9. The van der Waals surface area contributed by atoms with E-state index in [2.05, 4.69) is 10.5 Å². The van der Waals surface area contributed by atoms with Crippen LogP contribution < -0.4 is 5.43 Å². The lowest BCUT2D eigenvalue weighted by molar-refractivity contribution is -0.385. The van der Waals surface area contributed by atoms with Gasteiger partial charge in [-0.05, 0) is 30.0 Å². The third-order valence-corrected chi connectivity index (χ3v) is 5.72. The van der Waals surface area contributed by atoms with Gasteiger partial charge in [-0.1, -0.05) is 27.7 Å². The van der Waals surface area contributed by atoms with Crippen molar-refractivity contribution in [3.05, 3.63) is 52.5 Å². The quantitative estimate of drug-likeness (QED) is 0.352. The van der Waals surface area contributed by atoms with Gasteiger partial charge in [-0.2, -0.15) is 9.41 Å². The summed E-state index contributed by atoms with van der Waals surface area (Å²) in [5.41, 5.74) is 2.51. The molecule has 29 heavy (non-hydrogen) atoms. The number of anilines is 1. The van der Waals surface area contributed by atoms with Gasteiger partial charge in [0.2, 0.25) is 10.0 Å². The topological polar surface area (TPSA) is 118 Å². The molecule has 0 saturated heterocycles. The van der Waals surface area contributed by atoms with E-state index in [1.807, 2.05) is 27.7 Å². The van der Waals surface area contributed by atoms with E-state index < -0.39 is 14.9 Å². The number of nitrogens with zero attached hydrogens (tertiary/aromatic N) is 3. The van der Waals surface area contributed by atoms with Crippen molar-refractivity contribution in [3.8, 4) is 0 Å². The summed E-state index contributed by atoms with van der Waals surface area (Å²) >= 11 is 0. The first kappa shape index (κ1) is 22.6. The number of nitro benzene ring substituents is 1. The van der Waals surface area contributed by atoms with Crippen LogP contribution in [0.15, 0.2) is 51.0 Å². The number of hydrogen-bond acceptors (Lipinski definition) is 7. The monoisotopic (exact) mass is 422 g/mol. The van der Waals surface area contributed by atoms with Crippen LogP contribution in [0.2, 0.25) is 0 Å². The lowest BCUT2D eigenvalue weighted by Gasteiger charge is -2.26. The molecule has 2 aromatic rings. The second-order valence-corrected chi connectivity index (χ2v) is 9.34. The number of hydrazone groups is 1. The molecule has 158 valence electrons. The third-order valence-electron chi connectivity index (χ3n) is 3.85. The number of rotatable bonds is 10. The molecule has 1 aromatic carbocycles. The average Bonchev–Trinajstić information content (AvgIpc) is 3.13. The van der Waals surface area contributed by atoms with Crippen molar-refractivity contribution in [1.29, 1.82) is 0 Å². The number of sulfonamides is 1. The molecular formula is C19H26N4O5S. The fourth-order valence-electron chi connectivity index (χ4n) is 2.68. The molecule has 0 spiro atoms. The zero-order valence-corrected chi connectivity index (χ0v) is 17.7. The molecule has 0 aliphatic heterocycles. The molecule has 10 heteroatoms. The number of furan rings is 1. The molecule has 1 aromatic heterocycles. The zero-order chi connectivity index (χ0) is 21.6. The Morgan fingerprint density at radius 1 is 1.21 bits per heavy atom. The molecule has 2 rings (SSSR count). The third kappa shape index (κ3) is 6.13. The van der Waals surface area contributed by atoms with Crippen molar-refractivity contribution in [3.63, 3.8) is 0 Å². The number of non-ortho nitro benzene ring substituents is 1. The van der Waals surface area contributed by atoms with E-state index in [-0.39, 0.29) is 28.1 Å². The van der Waals surface area contributed by atoms with Crippen LogP contribution in [0.25, 0.3) is 0 Å². The van der Waals surface area contributed by atoms with E-state index in [0.717, 1.165) is 6.07 Å². The van der Waals surface area contributed by atoms with Gasteiger partial charge in [0, 0.05) is 25.2 Å². The molecular weight excluding hydrogens is 396 g/mol. The molecule has 1 N–H and O–H groups in total. The van der Waals surface area contributed by atoms with E-state index in [4.69, 9.17) is 4.42 Å². The fourth-order valence-corrected chi connectivity index (χ4v) is 4.61. The summed E-state index contributed by atoms with van der Waals surface area (Å²) in [5, 5.41) is 15.2. The Bertz CT molecular complexity index is 943. The Balaban J connectivity index is 2.47. The van der Waals surface area contributed by atoms with Gasteiger partial charge < -0.3 is 4.42 Å². The van der Waals surface area contributed by atoms with Crippen molar-refractivity contribution >= 4 is 27.6 Å². The number of hydrogen-bond donors (Lipinski definition) is 1. The van der Waals surface area contributed by atoms with Gasteiger partial charge in [0.05, 0.1) is 23.1 Å². The number of benzene rings is 1. The van der Waals surface area contributed by atoms with E-state index in [1.165, 1.54) is 28.9 Å². The average molecular weight is 423 g/mol. The van der Waals surface area contributed by atoms with E-state index in [1.54, 1.807) is 12.1 Å². The molecule has 0 bridgehead atoms. The van der Waals surface area contributed by atoms with E-state index >= 15 is 0 Å². The normalized spacial score (nSPS) is 12.4. The fraction of sp³-hybridized carbons (Fsp3) is 0.421. The van der Waals surface area contributed by atoms with Crippen LogP contribution in [-0.2, 0) is 10.0 Å². The molecule has 9 nitrogen and oxygen atoms in total. The minimum Gasteiger partial charge on any atom is -0.463 e. The van der Waals surface area contributed by atoms with Crippen molar-refractivity contribution in [2.75, 3.05) is 18.5 Å². The van der Waals surface area contributed by atoms with Crippen LogP contribution in [-0.4, -0.2) is 37.0 Å². The predicted octanol–water partition coefficient (Wildman–Crippen LogP) is 3.94. The first-order valence-corrected chi connectivity index (χ1v) is 10.7. The highest BCUT2D eigenvalue weighted by atomic mass is 32.2. The van der Waals surface area contributed by atoms with Crippen LogP contribution >= 0.6 is 0 Å². The smallest absolute Gasteiger partial charge is 0.270 e. The van der Waals surface area contributed by atoms with Crippen molar-refractivity contribution < 1.29 is 17.8 Å². The summed E-state index contributed by atoms with van der Waals surface area (Å²) in [7, 11) is -3.99. The maximum Gasteiger partial charge on any atom is 0.270 e. The standard InChI is InChI=1S/C19H26N4O5S/c1-14(2)12-22(13-15(3)4)29(26,27)19-10-16(23(24)25)7-8-18(19)21-20-11-17-6-5-9-28-17/h5-11,14-15,21H,12-13H2,1-4H3/b20-11+. The maximum absolute atomic E-state index is 13.4. The Morgan fingerprint density at radius 3 is 2.38 bits per heavy atom. The summed E-state index contributed by atoms with van der Waals surface area (Å²) in [6.07, 6.45) is 2.87. The predicted molar refractivity (Wildman–Crippen MR) is 111 cm³/mol. The van der Waals surface area contributed by atoms with Gasteiger partial charge in [0.25, 0.3) is 5.69 Å². The van der Waals surface area contributed by atoms with Crippen molar-refractivity contribution in [1.82, 2.24) is 4.31 Å². The van der Waals surface area contributed by atoms with Gasteiger partial charge in [-0.25, -0.2) is 8.42 Å². The Labute approximate surface area is 170 Å². The largest absolute Gasteiger partial charge is 0.463 e.